The Kier molecular flexibility index (Phi) is 3.88. The minimum atomic E-state index is -1.08. The average molecular weight is 251 g/mol. The lowest BCUT2D eigenvalue weighted by Crippen LogP contribution is -2.21. The zero-order valence-corrected chi connectivity index (χ0v) is 9.56. The predicted octanol–water partition coefficient (Wildman–Crippen LogP) is 1.16. The molecule has 0 spiro atoms. The minimum absolute atomic E-state index is 0.431. The van der Waals surface area contributed by atoms with Crippen LogP contribution in [0.4, 0.5) is 0 Å². The van der Waals surface area contributed by atoms with E-state index in [4.69, 9.17) is 20.1 Å². The van der Waals surface area contributed by atoms with Gasteiger partial charge in [0.15, 0.2) is 11.5 Å². The molecule has 1 heterocycles. The third kappa shape index (κ3) is 2.48. The highest BCUT2D eigenvalue weighted by Gasteiger charge is 2.21. The van der Waals surface area contributed by atoms with Gasteiger partial charge in [0.05, 0.1) is 18.8 Å². The van der Waals surface area contributed by atoms with Crippen molar-refractivity contribution in [3.8, 4) is 11.5 Å². The van der Waals surface area contributed by atoms with Gasteiger partial charge in [-0.2, -0.15) is 0 Å². The van der Waals surface area contributed by atoms with Crippen LogP contribution >= 0.6 is 0 Å². The fraction of sp³-hybridized carbons (Fsp3) is 0.455. The first kappa shape index (κ1) is 12.5. The number of hydrogen-bond donors (Lipinski definition) is 2. The molecule has 2 atom stereocenters. The first-order valence-electron chi connectivity index (χ1n) is 5.49. The summed E-state index contributed by atoms with van der Waals surface area (Å²) in [6.07, 6.45) is -1.08. The molecule has 1 aliphatic rings. The molecular weight excluding hydrogens is 238 g/mol. The summed E-state index contributed by atoms with van der Waals surface area (Å²) in [5, 5.41) is 22.4. The van der Waals surface area contributed by atoms with E-state index in [-0.39, 0.29) is 0 Å². The monoisotopic (exact) mass is 251 g/mol. The van der Waals surface area contributed by atoms with Crippen molar-refractivity contribution >= 4 is 0 Å². The third-order valence-electron chi connectivity index (χ3n) is 2.66. The van der Waals surface area contributed by atoms with E-state index < -0.39 is 18.8 Å². The summed E-state index contributed by atoms with van der Waals surface area (Å²) in [4.78, 5) is 2.59. The Morgan fingerprint density at radius 1 is 1.33 bits per heavy atom. The van der Waals surface area contributed by atoms with Crippen molar-refractivity contribution in [1.82, 2.24) is 0 Å². The lowest BCUT2D eigenvalue weighted by Gasteiger charge is -2.21. The number of benzene rings is 1. The van der Waals surface area contributed by atoms with Crippen molar-refractivity contribution in [3.63, 3.8) is 0 Å². The molecule has 18 heavy (non-hydrogen) atoms. The zero-order valence-electron chi connectivity index (χ0n) is 9.56. The number of nitrogens with zero attached hydrogens (tertiary/aromatic N) is 3. The first-order chi connectivity index (χ1) is 8.76. The van der Waals surface area contributed by atoms with Gasteiger partial charge in [-0.3, -0.25) is 0 Å². The molecule has 1 aliphatic heterocycles. The Labute approximate surface area is 103 Å². The van der Waals surface area contributed by atoms with Crippen LogP contribution < -0.4 is 9.47 Å². The molecule has 0 amide bonds. The largest absolute Gasteiger partial charge is 0.486 e. The number of hydrogen-bond acceptors (Lipinski definition) is 5. The molecule has 0 aliphatic carbocycles. The highest BCUT2D eigenvalue weighted by atomic mass is 16.6. The van der Waals surface area contributed by atoms with Crippen LogP contribution in [0.3, 0.4) is 0 Å². The van der Waals surface area contributed by atoms with E-state index >= 15 is 0 Å². The Morgan fingerprint density at radius 3 is 2.72 bits per heavy atom. The number of fused-ring (bicyclic) bond motifs is 1. The summed E-state index contributed by atoms with van der Waals surface area (Å²) in [5.41, 5.74) is 8.85. The highest BCUT2D eigenvalue weighted by molar-refractivity contribution is 5.44. The summed E-state index contributed by atoms with van der Waals surface area (Å²) in [6.45, 7) is 0.513. The van der Waals surface area contributed by atoms with Crippen LogP contribution in [0.2, 0.25) is 0 Å². The minimum Gasteiger partial charge on any atom is -0.486 e. The predicted molar refractivity (Wildman–Crippen MR) is 62.4 cm³/mol. The van der Waals surface area contributed by atoms with Crippen LogP contribution in [0, 0.1) is 0 Å². The molecule has 0 radical (unpaired) electrons. The lowest BCUT2D eigenvalue weighted by molar-refractivity contribution is 0.108. The van der Waals surface area contributed by atoms with Crippen molar-refractivity contribution in [2.45, 2.75) is 12.1 Å². The van der Waals surface area contributed by atoms with Gasteiger partial charge >= 0.3 is 0 Å². The zero-order chi connectivity index (χ0) is 13.0. The molecule has 0 fully saturated rings. The Balaban J connectivity index is 2.24. The van der Waals surface area contributed by atoms with Crippen LogP contribution in [0.15, 0.2) is 23.3 Å². The van der Waals surface area contributed by atoms with Crippen LogP contribution in [0.1, 0.15) is 11.7 Å². The second-order valence-electron chi connectivity index (χ2n) is 3.80. The Bertz CT molecular complexity index is 473. The quantitative estimate of drug-likeness (QED) is 0.475. The van der Waals surface area contributed by atoms with Gasteiger partial charge in [-0.1, -0.05) is 11.2 Å². The summed E-state index contributed by atoms with van der Waals surface area (Å²) in [6, 6.07) is 4.03. The topological polar surface area (TPSA) is 108 Å². The summed E-state index contributed by atoms with van der Waals surface area (Å²) >= 11 is 0. The van der Waals surface area contributed by atoms with E-state index in [0.29, 0.717) is 30.3 Å². The van der Waals surface area contributed by atoms with E-state index in [2.05, 4.69) is 10.0 Å². The summed E-state index contributed by atoms with van der Waals surface area (Å²) in [7, 11) is 0. The molecule has 0 saturated carbocycles. The fourth-order valence-corrected chi connectivity index (χ4v) is 1.73. The Hall–Kier alpha value is -1.95. The average Bonchev–Trinajstić information content (AvgIpc) is 2.43. The molecule has 2 rings (SSSR count). The number of aliphatic hydroxyl groups is 2. The van der Waals surface area contributed by atoms with E-state index in [1.54, 1.807) is 18.2 Å². The Morgan fingerprint density at radius 2 is 2.06 bits per heavy atom. The lowest BCUT2D eigenvalue weighted by atomic mass is 10.0. The van der Waals surface area contributed by atoms with Crippen molar-refractivity contribution in [2.75, 3.05) is 19.8 Å². The van der Waals surface area contributed by atoms with Gasteiger partial charge in [-0.15, -0.1) is 0 Å². The normalized spacial score (nSPS) is 16.6. The molecule has 96 valence electrons. The standard InChI is InChI=1S/C11H13N3O4/c12-14-13-8(6-15)11(16)7-1-2-9-10(5-7)18-4-3-17-9/h1-2,5,8,11,15-16H,3-4,6H2/t8-,11-/m1/s1. The van der Waals surface area contributed by atoms with Gasteiger partial charge in [0, 0.05) is 4.91 Å². The molecule has 1 aromatic rings. The highest BCUT2D eigenvalue weighted by Crippen LogP contribution is 2.33. The van der Waals surface area contributed by atoms with Crippen LogP contribution in [0.25, 0.3) is 10.4 Å². The van der Waals surface area contributed by atoms with Crippen molar-refractivity contribution < 1.29 is 19.7 Å². The van der Waals surface area contributed by atoms with E-state index in [9.17, 15) is 5.11 Å². The van der Waals surface area contributed by atoms with Crippen molar-refractivity contribution in [1.29, 1.82) is 0 Å². The van der Waals surface area contributed by atoms with Gasteiger partial charge in [-0.05, 0) is 23.2 Å². The molecule has 0 saturated heterocycles. The molecule has 7 heteroatoms. The fourth-order valence-electron chi connectivity index (χ4n) is 1.73. The third-order valence-corrected chi connectivity index (χ3v) is 2.66. The van der Waals surface area contributed by atoms with Crippen LogP contribution in [-0.4, -0.2) is 36.1 Å². The molecule has 1 aromatic carbocycles. The second kappa shape index (κ2) is 5.59. The first-order valence-corrected chi connectivity index (χ1v) is 5.49. The van der Waals surface area contributed by atoms with Gasteiger partial charge in [0.25, 0.3) is 0 Å². The van der Waals surface area contributed by atoms with Crippen LogP contribution in [-0.2, 0) is 0 Å². The second-order valence-corrected chi connectivity index (χ2v) is 3.80. The molecule has 0 bridgehead atoms. The SMILES string of the molecule is [N-]=[N+]=N[C@H](CO)[C@H](O)c1ccc2c(c1)OCCO2. The van der Waals surface area contributed by atoms with E-state index in [1.807, 2.05) is 0 Å². The molecule has 2 N–H and O–H groups in total. The molecule has 0 unspecified atom stereocenters. The van der Waals surface area contributed by atoms with E-state index in [1.165, 1.54) is 0 Å². The number of azide groups is 1. The maximum absolute atomic E-state index is 9.99. The van der Waals surface area contributed by atoms with Crippen molar-refractivity contribution in [3.05, 3.63) is 34.2 Å². The number of aliphatic hydroxyl groups excluding tert-OH is 2. The number of rotatable bonds is 4. The maximum atomic E-state index is 9.99. The molecule has 7 nitrogen and oxygen atoms in total. The van der Waals surface area contributed by atoms with Gasteiger partial charge in [-0.25, -0.2) is 0 Å². The van der Waals surface area contributed by atoms with Crippen molar-refractivity contribution in [2.24, 2.45) is 5.11 Å². The van der Waals surface area contributed by atoms with Gasteiger partial charge in [0.1, 0.15) is 13.2 Å². The van der Waals surface area contributed by atoms with E-state index in [0.717, 1.165) is 0 Å². The molecule has 0 aromatic heterocycles. The van der Waals surface area contributed by atoms with Gasteiger partial charge < -0.3 is 19.7 Å². The number of ether oxygens (including phenoxy) is 2. The smallest absolute Gasteiger partial charge is 0.161 e. The summed E-state index contributed by atoms with van der Waals surface area (Å²) in [5.74, 6) is 1.15. The van der Waals surface area contributed by atoms with Crippen LogP contribution in [0.5, 0.6) is 11.5 Å². The van der Waals surface area contributed by atoms with Gasteiger partial charge in [0.2, 0.25) is 0 Å². The summed E-state index contributed by atoms with van der Waals surface area (Å²) < 4.78 is 10.7. The maximum Gasteiger partial charge on any atom is 0.161 e. The molecular formula is C11H13N3O4.